The Balaban J connectivity index is 1.53. The Kier molecular flexibility index (Phi) is 6.33. The summed E-state index contributed by atoms with van der Waals surface area (Å²) in [6.07, 6.45) is 2.38. The summed E-state index contributed by atoms with van der Waals surface area (Å²) in [7, 11) is 0. The third-order valence-electron chi connectivity index (χ3n) is 5.05. The monoisotopic (exact) mass is 385 g/mol. The minimum Gasteiger partial charge on any atom is -0.351 e. The molecule has 1 amide bonds. The van der Waals surface area contributed by atoms with E-state index in [0.717, 1.165) is 41.8 Å². The van der Waals surface area contributed by atoms with Crippen LogP contribution in [0, 0.1) is 12.8 Å². The third kappa shape index (κ3) is 5.39. The van der Waals surface area contributed by atoms with Gasteiger partial charge in [0.15, 0.2) is 0 Å². The summed E-state index contributed by atoms with van der Waals surface area (Å²) in [5, 5.41) is 4.19. The highest BCUT2D eigenvalue weighted by molar-refractivity contribution is 7.14. The predicted molar refractivity (Wildman–Crippen MR) is 112 cm³/mol. The number of hydrogen-bond donors (Lipinski definition) is 1. The lowest BCUT2D eigenvalue weighted by molar-refractivity contribution is 0.0934. The normalized spacial score (nSPS) is 18.4. The second-order valence-electron chi connectivity index (χ2n) is 8.62. The topological polar surface area (TPSA) is 45.2 Å². The summed E-state index contributed by atoms with van der Waals surface area (Å²) in [5.74, 6) is 0.544. The molecule has 0 saturated carbocycles. The van der Waals surface area contributed by atoms with Crippen molar-refractivity contribution in [2.24, 2.45) is 5.92 Å². The van der Waals surface area contributed by atoms with Crippen LogP contribution in [0.15, 0.2) is 30.3 Å². The first-order chi connectivity index (χ1) is 12.8. The Morgan fingerprint density at radius 2 is 2.04 bits per heavy atom. The molecule has 2 heterocycles. The molecule has 1 atom stereocenters. The molecule has 2 aromatic rings. The SMILES string of the molecule is Cc1nc(C(C)(C)C)sc1C(=O)NCC1CCCN(Cc2ccccc2)C1. The first-order valence-corrected chi connectivity index (χ1v) is 10.7. The number of hydrogen-bond acceptors (Lipinski definition) is 4. The van der Waals surface area contributed by atoms with E-state index < -0.39 is 0 Å². The largest absolute Gasteiger partial charge is 0.351 e. The van der Waals surface area contributed by atoms with Crippen LogP contribution >= 0.6 is 11.3 Å². The maximum absolute atomic E-state index is 12.7. The Morgan fingerprint density at radius 1 is 1.30 bits per heavy atom. The first-order valence-electron chi connectivity index (χ1n) is 9.85. The van der Waals surface area contributed by atoms with Gasteiger partial charge in [0.05, 0.1) is 10.7 Å². The van der Waals surface area contributed by atoms with Gasteiger partial charge in [-0.15, -0.1) is 11.3 Å². The minimum atomic E-state index is -0.0186. The quantitative estimate of drug-likeness (QED) is 0.830. The van der Waals surface area contributed by atoms with Gasteiger partial charge in [0.2, 0.25) is 0 Å². The summed E-state index contributed by atoms with van der Waals surface area (Å²) in [6.45, 7) is 12.3. The van der Waals surface area contributed by atoms with E-state index in [-0.39, 0.29) is 11.3 Å². The number of aryl methyl sites for hydroxylation is 1. The second-order valence-corrected chi connectivity index (χ2v) is 9.62. The number of thiazole rings is 1. The van der Waals surface area contributed by atoms with Crippen molar-refractivity contribution in [3.63, 3.8) is 0 Å². The molecular formula is C22H31N3OS. The zero-order valence-corrected chi connectivity index (χ0v) is 17.7. The number of likely N-dealkylation sites (tertiary alicyclic amines) is 1. The van der Waals surface area contributed by atoms with Gasteiger partial charge in [-0.05, 0) is 37.8 Å². The number of carbonyl (C=O) groups excluding carboxylic acids is 1. The molecule has 0 aliphatic carbocycles. The zero-order chi connectivity index (χ0) is 19.4. The molecule has 1 unspecified atom stereocenters. The second kappa shape index (κ2) is 8.53. The van der Waals surface area contributed by atoms with Crippen molar-refractivity contribution >= 4 is 17.2 Å². The molecule has 1 N–H and O–H groups in total. The summed E-state index contributed by atoms with van der Waals surface area (Å²) >= 11 is 1.53. The molecule has 4 nitrogen and oxygen atoms in total. The van der Waals surface area contributed by atoms with Crippen LogP contribution in [-0.2, 0) is 12.0 Å². The van der Waals surface area contributed by atoms with Crippen LogP contribution in [0.4, 0.5) is 0 Å². The smallest absolute Gasteiger partial charge is 0.263 e. The van der Waals surface area contributed by atoms with E-state index in [4.69, 9.17) is 0 Å². The number of carbonyl (C=O) groups is 1. The van der Waals surface area contributed by atoms with Gasteiger partial charge in [-0.25, -0.2) is 4.98 Å². The van der Waals surface area contributed by atoms with E-state index >= 15 is 0 Å². The molecule has 5 heteroatoms. The fourth-order valence-electron chi connectivity index (χ4n) is 3.55. The van der Waals surface area contributed by atoms with E-state index in [1.165, 1.54) is 29.7 Å². The van der Waals surface area contributed by atoms with Gasteiger partial charge in [-0.3, -0.25) is 9.69 Å². The molecule has 3 rings (SSSR count). The highest BCUT2D eigenvalue weighted by atomic mass is 32.1. The Bertz CT molecular complexity index is 764. The highest BCUT2D eigenvalue weighted by Crippen LogP contribution is 2.29. The van der Waals surface area contributed by atoms with Crippen molar-refractivity contribution < 1.29 is 4.79 Å². The number of nitrogens with zero attached hydrogens (tertiary/aromatic N) is 2. The maximum atomic E-state index is 12.7. The maximum Gasteiger partial charge on any atom is 0.263 e. The predicted octanol–water partition coefficient (Wildman–Crippen LogP) is 4.39. The summed E-state index contributed by atoms with van der Waals surface area (Å²) in [6, 6.07) is 10.6. The molecule has 1 fully saturated rings. The Hall–Kier alpha value is -1.72. The number of rotatable bonds is 5. The van der Waals surface area contributed by atoms with Crippen LogP contribution in [0.1, 0.15) is 59.5 Å². The van der Waals surface area contributed by atoms with E-state index in [9.17, 15) is 4.79 Å². The third-order valence-corrected chi connectivity index (χ3v) is 6.63. The fourth-order valence-corrected chi connectivity index (χ4v) is 4.59. The number of nitrogens with one attached hydrogen (secondary N) is 1. The Labute approximate surface area is 167 Å². The summed E-state index contributed by atoms with van der Waals surface area (Å²) < 4.78 is 0. The van der Waals surface area contributed by atoms with Crippen molar-refractivity contribution in [1.29, 1.82) is 0 Å². The van der Waals surface area contributed by atoms with E-state index in [0.29, 0.717) is 5.92 Å². The van der Waals surface area contributed by atoms with Crippen molar-refractivity contribution in [1.82, 2.24) is 15.2 Å². The lowest BCUT2D eigenvalue weighted by Gasteiger charge is -2.32. The summed E-state index contributed by atoms with van der Waals surface area (Å²) in [4.78, 5) is 20.5. The first kappa shape index (κ1) is 20.0. The van der Waals surface area contributed by atoms with Crippen LogP contribution in [-0.4, -0.2) is 35.4 Å². The van der Waals surface area contributed by atoms with Gasteiger partial charge in [0.25, 0.3) is 5.91 Å². The van der Waals surface area contributed by atoms with Crippen molar-refractivity contribution in [2.45, 2.75) is 52.5 Å². The van der Waals surface area contributed by atoms with Gasteiger partial charge in [0, 0.05) is 25.0 Å². The van der Waals surface area contributed by atoms with Crippen LogP contribution in [0.2, 0.25) is 0 Å². The van der Waals surface area contributed by atoms with Gasteiger partial charge in [0.1, 0.15) is 4.88 Å². The van der Waals surface area contributed by atoms with Crippen LogP contribution < -0.4 is 5.32 Å². The molecule has 1 aliphatic rings. The van der Waals surface area contributed by atoms with Crippen molar-refractivity contribution in [2.75, 3.05) is 19.6 Å². The number of piperidine rings is 1. The molecule has 0 bridgehead atoms. The lowest BCUT2D eigenvalue weighted by atomic mass is 9.97. The molecule has 27 heavy (non-hydrogen) atoms. The molecule has 1 aliphatic heterocycles. The fraction of sp³-hybridized carbons (Fsp3) is 0.545. The Morgan fingerprint density at radius 3 is 2.70 bits per heavy atom. The zero-order valence-electron chi connectivity index (χ0n) is 16.9. The summed E-state index contributed by atoms with van der Waals surface area (Å²) in [5.41, 5.74) is 2.18. The van der Waals surface area contributed by atoms with Crippen LogP contribution in [0.25, 0.3) is 0 Å². The highest BCUT2D eigenvalue weighted by Gasteiger charge is 2.24. The van der Waals surface area contributed by atoms with Gasteiger partial charge < -0.3 is 5.32 Å². The average Bonchev–Trinajstić information content (AvgIpc) is 3.03. The molecule has 1 aromatic heterocycles. The van der Waals surface area contributed by atoms with E-state index in [2.05, 4.69) is 66.3 Å². The van der Waals surface area contributed by atoms with Crippen LogP contribution in [0.5, 0.6) is 0 Å². The number of benzene rings is 1. The minimum absolute atomic E-state index is 0.0186. The van der Waals surface area contributed by atoms with Crippen molar-refractivity contribution in [3.8, 4) is 0 Å². The molecule has 1 aromatic carbocycles. The molecule has 146 valence electrons. The van der Waals surface area contributed by atoms with Crippen molar-refractivity contribution in [3.05, 3.63) is 51.5 Å². The van der Waals surface area contributed by atoms with Gasteiger partial charge in [-0.2, -0.15) is 0 Å². The lowest BCUT2D eigenvalue weighted by Crippen LogP contribution is -2.40. The molecule has 0 spiro atoms. The van der Waals surface area contributed by atoms with Crippen LogP contribution in [0.3, 0.4) is 0 Å². The standard InChI is InChI=1S/C22H31N3OS/c1-16-19(27-21(24-16)22(2,3)4)20(26)23-13-18-11-8-12-25(15-18)14-17-9-6-5-7-10-17/h5-7,9-10,18H,8,11-15H2,1-4H3,(H,23,26). The van der Waals surface area contributed by atoms with E-state index in [1.807, 2.05) is 6.92 Å². The molecule has 0 radical (unpaired) electrons. The van der Waals surface area contributed by atoms with Gasteiger partial charge >= 0.3 is 0 Å². The molecule has 1 saturated heterocycles. The number of aromatic nitrogens is 1. The average molecular weight is 386 g/mol. The van der Waals surface area contributed by atoms with E-state index in [1.54, 1.807) is 0 Å². The molecular weight excluding hydrogens is 354 g/mol. The number of amides is 1. The van der Waals surface area contributed by atoms with Gasteiger partial charge in [-0.1, -0.05) is 51.1 Å².